The fourth-order valence-electron chi connectivity index (χ4n) is 0.433. The second-order valence-corrected chi connectivity index (χ2v) is 2.17. The summed E-state index contributed by atoms with van der Waals surface area (Å²) in [6, 6.07) is 0. The first-order valence-corrected chi connectivity index (χ1v) is 3.62. The summed E-state index contributed by atoms with van der Waals surface area (Å²) in [6.07, 6.45) is 0.492. The summed E-state index contributed by atoms with van der Waals surface area (Å²) >= 11 is 3.76. The minimum Gasteiger partial charge on any atom is -0.486 e. The van der Waals surface area contributed by atoms with Gasteiger partial charge in [0.25, 0.3) is 0 Å². The first-order chi connectivity index (χ1) is 5.57. The average Bonchev–Trinajstić information content (AvgIpc) is 1.96. The van der Waals surface area contributed by atoms with Gasteiger partial charge >= 0.3 is 11.9 Å². The van der Waals surface area contributed by atoms with E-state index in [0.29, 0.717) is 11.8 Å². The lowest BCUT2D eigenvalue weighted by molar-refractivity contribution is -0.138. The standard InChI is InChI=1S/C6H8O5S/c7-5(8)3-4(6(9)10)11-1-2-12/h3,12H,1-2H2,(H,7,8)(H,9,10)/b4-3-. The van der Waals surface area contributed by atoms with Gasteiger partial charge in [0.15, 0.2) is 0 Å². The highest BCUT2D eigenvalue weighted by molar-refractivity contribution is 7.80. The first-order valence-electron chi connectivity index (χ1n) is 2.99. The molecule has 0 radical (unpaired) electrons. The predicted octanol–water partition coefficient (Wildman–Crippen LogP) is -0.0141. The molecule has 0 aliphatic carbocycles. The molecule has 5 nitrogen and oxygen atoms in total. The van der Waals surface area contributed by atoms with Gasteiger partial charge in [0, 0.05) is 5.75 Å². The molecule has 0 heterocycles. The Hall–Kier alpha value is -1.17. The Balaban J connectivity index is 4.23. The Morgan fingerprint density at radius 1 is 1.42 bits per heavy atom. The second kappa shape index (κ2) is 5.48. The van der Waals surface area contributed by atoms with E-state index in [0.717, 1.165) is 0 Å². The number of ether oxygens (including phenoxy) is 1. The van der Waals surface area contributed by atoms with Gasteiger partial charge in [-0.2, -0.15) is 12.6 Å². The third-order valence-corrected chi connectivity index (χ3v) is 0.997. The Labute approximate surface area is 74.1 Å². The van der Waals surface area contributed by atoms with Gasteiger partial charge in [0.05, 0.1) is 12.7 Å². The van der Waals surface area contributed by atoms with Crippen molar-refractivity contribution in [3.8, 4) is 0 Å². The number of carbonyl (C=O) groups is 2. The predicted molar refractivity (Wildman–Crippen MR) is 43.2 cm³/mol. The number of hydrogen-bond donors (Lipinski definition) is 3. The lowest BCUT2D eigenvalue weighted by Crippen LogP contribution is -2.09. The van der Waals surface area contributed by atoms with E-state index in [9.17, 15) is 9.59 Å². The minimum atomic E-state index is -1.40. The van der Waals surface area contributed by atoms with E-state index in [4.69, 9.17) is 10.2 Å². The molecule has 0 unspecified atom stereocenters. The molecule has 0 fully saturated rings. The van der Waals surface area contributed by atoms with Crippen molar-refractivity contribution in [3.63, 3.8) is 0 Å². The van der Waals surface area contributed by atoms with Crippen LogP contribution in [0.4, 0.5) is 0 Å². The van der Waals surface area contributed by atoms with Gasteiger partial charge in [-0.05, 0) is 0 Å². The summed E-state index contributed by atoms with van der Waals surface area (Å²) in [6.45, 7) is 0.0640. The van der Waals surface area contributed by atoms with Crippen molar-refractivity contribution in [3.05, 3.63) is 11.8 Å². The summed E-state index contributed by atoms with van der Waals surface area (Å²) < 4.78 is 4.57. The molecule has 0 rings (SSSR count). The van der Waals surface area contributed by atoms with Crippen molar-refractivity contribution in [1.29, 1.82) is 0 Å². The largest absolute Gasteiger partial charge is 0.486 e. The van der Waals surface area contributed by atoms with E-state index >= 15 is 0 Å². The highest BCUT2D eigenvalue weighted by Crippen LogP contribution is 1.97. The Morgan fingerprint density at radius 3 is 2.33 bits per heavy atom. The van der Waals surface area contributed by atoms with Crippen LogP contribution in [0.5, 0.6) is 0 Å². The van der Waals surface area contributed by atoms with Crippen LogP contribution in [0, 0.1) is 0 Å². The lowest BCUT2D eigenvalue weighted by atomic mass is 10.4. The van der Waals surface area contributed by atoms with Crippen LogP contribution in [0.1, 0.15) is 0 Å². The first kappa shape index (κ1) is 10.8. The van der Waals surface area contributed by atoms with Crippen molar-refractivity contribution < 1.29 is 24.5 Å². The van der Waals surface area contributed by atoms with Crippen LogP contribution < -0.4 is 0 Å². The fraction of sp³-hybridized carbons (Fsp3) is 0.333. The zero-order chi connectivity index (χ0) is 9.56. The second-order valence-electron chi connectivity index (χ2n) is 1.72. The monoisotopic (exact) mass is 192 g/mol. The summed E-state index contributed by atoms with van der Waals surface area (Å²) in [7, 11) is 0. The Kier molecular flexibility index (Phi) is 4.94. The third-order valence-electron chi connectivity index (χ3n) is 0.814. The number of carboxylic acid groups (broad SMARTS) is 2. The van der Waals surface area contributed by atoms with Crippen molar-refractivity contribution in [2.45, 2.75) is 0 Å². The van der Waals surface area contributed by atoms with E-state index in [1.165, 1.54) is 0 Å². The average molecular weight is 192 g/mol. The van der Waals surface area contributed by atoms with Gasteiger partial charge in [-0.1, -0.05) is 0 Å². The van der Waals surface area contributed by atoms with Crippen LogP contribution >= 0.6 is 12.6 Å². The van der Waals surface area contributed by atoms with E-state index in [2.05, 4.69) is 17.4 Å². The zero-order valence-electron chi connectivity index (χ0n) is 6.06. The van der Waals surface area contributed by atoms with Crippen molar-refractivity contribution in [1.82, 2.24) is 0 Å². The van der Waals surface area contributed by atoms with Gasteiger partial charge in [-0.15, -0.1) is 0 Å². The normalized spacial score (nSPS) is 10.9. The maximum absolute atomic E-state index is 10.3. The molecule has 12 heavy (non-hydrogen) atoms. The summed E-state index contributed by atoms with van der Waals surface area (Å²) in [5, 5.41) is 16.6. The van der Waals surface area contributed by atoms with E-state index < -0.39 is 17.7 Å². The maximum Gasteiger partial charge on any atom is 0.371 e. The molecule has 0 bridgehead atoms. The number of thiol groups is 1. The summed E-state index contributed by atoms with van der Waals surface area (Å²) in [5.74, 6) is -3.02. The molecule has 0 aliphatic rings. The van der Waals surface area contributed by atoms with Crippen LogP contribution in [-0.2, 0) is 14.3 Å². The van der Waals surface area contributed by atoms with Gasteiger partial charge in [0.2, 0.25) is 5.76 Å². The Bertz CT molecular complexity index is 210. The van der Waals surface area contributed by atoms with Crippen molar-refractivity contribution in [2.75, 3.05) is 12.4 Å². The molecule has 0 spiro atoms. The topological polar surface area (TPSA) is 83.8 Å². The van der Waals surface area contributed by atoms with Crippen LogP contribution in [-0.4, -0.2) is 34.5 Å². The summed E-state index contributed by atoms with van der Waals surface area (Å²) in [4.78, 5) is 20.3. The number of aliphatic carboxylic acids is 2. The molecular formula is C6H8O5S. The van der Waals surface area contributed by atoms with E-state index in [1.807, 2.05) is 0 Å². The SMILES string of the molecule is O=C(O)/C=C(\OCCS)C(=O)O. The molecule has 0 amide bonds. The molecule has 0 aliphatic heterocycles. The minimum absolute atomic E-state index is 0.0640. The summed E-state index contributed by atoms with van der Waals surface area (Å²) in [5.41, 5.74) is 0. The number of hydrogen-bond acceptors (Lipinski definition) is 4. The quantitative estimate of drug-likeness (QED) is 0.324. The van der Waals surface area contributed by atoms with Gasteiger partial charge in [-0.3, -0.25) is 0 Å². The van der Waals surface area contributed by atoms with Crippen LogP contribution in [0.15, 0.2) is 11.8 Å². The fourth-order valence-corrected chi connectivity index (χ4v) is 0.524. The van der Waals surface area contributed by atoms with Crippen molar-refractivity contribution in [2.24, 2.45) is 0 Å². The highest BCUT2D eigenvalue weighted by atomic mass is 32.1. The van der Waals surface area contributed by atoms with Gasteiger partial charge < -0.3 is 14.9 Å². The van der Waals surface area contributed by atoms with Gasteiger partial charge in [0.1, 0.15) is 0 Å². The highest BCUT2D eigenvalue weighted by Gasteiger charge is 2.09. The smallest absolute Gasteiger partial charge is 0.371 e. The van der Waals surface area contributed by atoms with Crippen LogP contribution in [0.3, 0.4) is 0 Å². The van der Waals surface area contributed by atoms with E-state index in [1.54, 1.807) is 0 Å². The molecule has 0 saturated carbocycles. The number of rotatable bonds is 5. The van der Waals surface area contributed by atoms with Crippen LogP contribution in [0.25, 0.3) is 0 Å². The van der Waals surface area contributed by atoms with Crippen LogP contribution in [0.2, 0.25) is 0 Å². The number of carboxylic acids is 2. The molecule has 6 heteroatoms. The van der Waals surface area contributed by atoms with E-state index in [-0.39, 0.29) is 6.61 Å². The molecule has 0 aromatic rings. The van der Waals surface area contributed by atoms with Crippen molar-refractivity contribution >= 4 is 24.6 Å². The molecule has 0 atom stereocenters. The maximum atomic E-state index is 10.3. The zero-order valence-corrected chi connectivity index (χ0v) is 6.95. The molecular weight excluding hydrogens is 184 g/mol. The molecule has 0 saturated heterocycles. The lowest BCUT2D eigenvalue weighted by Gasteiger charge is -2.02. The molecule has 2 N–H and O–H groups in total. The van der Waals surface area contributed by atoms with Gasteiger partial charge in [-0.25, -0.2) is 9.59 Å². The Morgan fingerprint density at radius 2 is 2.00 bits per heavy atom. The third kappa shape index (κ3) is 4.62. The molecule has 0 aromatic heterocycles. The molecule has 68 valence electrons. The molecule has 0 aromatic carbocycles.